The topological polar surface area (TPSA) is 96.2 Å². The van der Waals surface area contributed by atoms with Gasteiger partial charge in [-0.25, -0.2) is 0 Å². The number of carboxylic acids is 1. The second-order valence-electron chi connectivity index (χ2n) is 12.1. The average molecular weight is 579 g/mol. The third kappa shape index (κ3) is 6.98. The minimum Gasteiger partial charge on any atom is -0.481 e. The van der Waals surface area contributed by atoms with Gasteiger partial charge in [0.2, 0.25) is 5.90 Å². The molecule has 1 saturated carbocycles. The number of nitrogens with one attached hydrogen (secondary N) is 1. The fraction of sp³-hybridized carbons (Fsp3) is 0.444. The smallest absolute Gasteiger partial charge is 0.303 e. The zero-order chi connectivity index (χ0) is 29.6. The van der Waals surface area contributed by atoms with E-state index in [-0.39, 0.29) is 0 Å². The molecule has 4 aliphatic rings. The molecule has 0 spiro atoms. The van der Waals surface area contributed by atoms with Crippen LogP contribution in [-0.4, -0.2) is 41.4 Å². The number of dihydropyridines is 1. The number of allylic oxidation sites excluding steroid dienone is 4. The van der Waals surface area contributed by atoms with Crippen LogP contribution in [0.3, 0.4) is 0 Å². The van der Waals surface area contributed by atoms with Crippen LogP contribution in [0.1, 0.15) is 93.0 Å². The Morgan fingerprint density at radius 2 is 1.86 bits per heavy atom. The maximum absolute atomic E-state index is 11.2. The predicted molar refractivity (Wildman–Crippen MR) is 173 cm³/mol. The summed E-state index contributed by atoms with van der Waals surface area (Å²) in [5, 5.41) is 12.8. The Kier molecular flexibility index (Phi) is 9.16. The van der Waals surface area contributed by atoms with Crippen LogP contribution in [-0.2, 0) is 16.1 Å². The number of rotatable bonds is 6. The molecule has 3 heterocycles. The summed E-state index contributed by atoms with van der Waals surface area (Å²) in [4.78, 5) is 25.5. The number of anilines is 1. The molecule has 224 valence electrons. The highest BCUT2D eigenvalue weighted by Gasteiger charge is 2.24. The molecule has 7 heteroatoms. The standard InChI is InChI=1S/C36H42N4O3/c1-43-36-31(10-5-19-37-36)28-15-16-29-22-39-35(40-33(29)21-28)30-17-18-32(38-23-30)27-8-3-2-7-25(13-14-27)26-9-4-6-24(11-12-26)20-34(41)42/h7-8,10,15-18,21,23-24,26H,2-6,9,11-14,19-20,22H2,1H3,(H,39,40)(H,41,42)/b25-7+,27-8+. The Morgan fingerprint density at radius 3 is 2.70 bits per heavy atom. The highest BCUT2D eigenvalue weighted by atomic mass is 16.5. The molecule has 2 unspecified atom stereocenters. The number of benzene rings is 1. The number of pyridine rings is 1. The molecule has 1 fully saturated rings. The lowest BCUT2D eigenvalue weighted by molar-refractivity contribution is -0.138. The second kappa shape index (κ2) is 13.5. The molecule has 0 bridgehead atoms. The first-order chi connectivity index (χ1) is 21.1. The lowest BCUT2D eigenvalue weighted by atomic mass is 9.84. The SMILES string of the molecule is COC1=NCCC=C1c1ccc2c(c1)NC(c1ccc(/C3=C/CC/C=C(/C4CCCC(CC(=O)O)CC4)CC3)nc1)=NC2. The van der Waals surface area contributed by atoms with Gasteiger partial charge in [0, 0.05) is 36.0 Å². The molecule has 2 aliphatic heterocycles. The molecule has 0 radical (unpaired) electrons. The molecule has 2 N–H and O–H groups in total. The number of carboxylic acid groups (broad SMARTS) is 1. The first-order valence-electron chi connectivity index (χ1n) is 15.9. The van der Waals surface area contributed by atoms with Crippen LogP contribution in [0.2, 0.25) is 0 Å². The van der Waals surface area contributed by atoms with Crippen molar-refractivity contribution in [1.29, 1.82) is 0 Å². The molecule has 7 nitrogen and oxygen atoms in total. The second-order valence-corrected chi connectivity index (χ2v) is 12.1. The third-order valence-corrected chi connectivity index (χ3v) is 9.33. The van der Waals surface area contributed by atoms with E-state index in [2.05, 4.69) is 58.9 Å². The Labute approximate surface area is 254 Å². The van der Waals surface area contributed by atoms with E-state index in [0.717, 1.165) is 98.2 Å². The molecule has 0 amide bonds. The predicted octanol–water partition coefficient (Wildman–Crippen LogP) is 7.84. The van der Waals surface area contributed by atoms with Gasteiger partial charge in [0.15, 0.2) is 0 Å². The number of fused-ring (bicyclic) bond motifs is 1. The molecule has 0 saturated heterocycles. The zero-order valence-electron chi connectivity index (χ0n) is 25.1. The fourth-order valence-corrected chi connectivity index (χ4v) is 6.99. The molecule has 2 atom stereocenters. The number of hydrogen-bond acceptors (Lipinski definition) is 6. The van der Waals surface area contributed by atoms with Crippen molar-refractivity contribution >= 4 is 34.5 Å². The Balaban J connectivity index is 1.09. The monoisotopic (exact) mass is 578 g/mol. The van der Waals surface area contributed by atoms with E-state index in [4.69, 9.17) is 14.7 Å². The van der Waals surface area contributed by atoms with E-state index >= 15 is 0 Å². The Hall–Kier alpha value is -4.00. The summed E-state index contributed by atoms with van der Waals surface area (Å²) < 4.78 is 5.53. The van der Waals surface area contributed by atoms with Crippen LogP contribution in [0.25, 0.3) is 11.1 Å². The Bertz CT molecular complexity index is 1500. The summed E-state index contributed by atoms with van der Waals surface area (Å²) in [5.41, 5.74) is 9.28. The largest absolute Gasteiger partial charge is 0.481 e. The summed E-state index contributed by atoms with van der Waals surface area (Å²) >= 11 is 0. The first-order valence-corrected chi connectivity index (χ1v) is 15.9. The summed E-state index contributed by atoms with van der Waals surface area (Å²) in [6.07, 6.45) is 19.9. The minimum absolute atomic E-state index is 0.318. The van der Waals surface area contributed by atoms with Crippen LogP contribution in [0.5, 0.6) is 0 Å². The first kappa shape index (κ1) is 29.1. The Morgan fingerprint density at radius 1 is 0.977 bits per heavy atom. The van der Waals surface area contributed by atoms with Crippen molar-refractivity contribution in [3.8, 4) is 0 Å². The quantitative estimate of drug-likeness (QED) is 0.269. The number of ether oxygens (including phenoxy) is 1. The number of hydrogen-bond donors (Lipinski definition) is 2. The van der Waals surface area contributed by atoms with Crippen molar-refractivity contribution < 1.29 is 14.6 Å². The van der Waals surface area contributed by atoms with E-state index < -0.39 is 5.97 Å². The van der Waals surface area contributed by atoms with Crippen molar-refractivity contribution in [3.05, 3.63) is 82.7 Å². The van der Waals surface area contributed by atoms with E-state index in [1.165, 1.54) is 17.6 Å². The van der Waals surface area contributed by atoms with Gasteiger partial charge in [-0.05, 0) is 105 Å². The van der Waals surface area contributed by atoms with Crippen molar-refractivity contribution in [2.75, 3.05) is 19.0 Å². The number of aliphatic carboxylic acids is 1. The molecule has 2 aromatic rings. The van der Waals surface area contributed by atoms with Crippen molar-refractivity contribution in [1.82, 2.24) is 4.98 Å². The molecule has 43 heavy (non-hydrogen) atoms. The van der Waals surface area contributed by atoms with Crippen molar-refractivity contribution in [2.24, 2.45) is 21.8 Å². The highest BCUT2D eigenvalue weighted by Crippen LogP contribution is 2.37. The maximum atomic E-state index is 11.2. The molecule has 2 aliphatic carbocycles. The normalized spacial score (nSPS) is 25.0. The van der Waals surface area contributed by atoms with Crippen LogP contribution < -0.4 is 5.32 Å². The summed E-state index contributed by atoms with van der Waals surface area (Å²) in [6.45, 7) is 1.39. The summed E-state index contributed by atoms with van der Waals surface area (Å²) in [7, 11) is 1.68. The lowest BCUT2D eigenvalue weighted by Crippen LogP contribution is -2.20. The minimum atomic E-state index is -0.656. The molecule has 6 rings (SSSR count). The summed E-state index contributed by atoms with van der Waals surface area (Å²) in [5.74, 6) is 1.81. The number of carbonyl (C=O) groups is 1. The van der Waals surface area contributed by atoms with Crippen molar-refractivity contribution in [3.63, 3.8) is 0 Å². The van der Waals surface area contributed by atoms with Gasteiger partial charge in [-0.2, -0.15) is 0 Å². The average Bonchev–Trinajstić information content (AvgIpc) is 3.26. The van der Waals surface area contributed by atoms with Crippen LogP contribution in [0.15, 0.2) is 70.3 Å². The number of aromatic nitrogens is 1. The molecule has 1 aromatic carbocycles. The van der Waals surface area contributed by atoms with Crippen LogP contribution in [0, 0.1) is 11.8 Å². The van der Waals surface area contributed by atoms with E-state index in [1.54, 1.807) is 12.7 Å². The van der Waals surface area contributed by atoms with Crippen molar-refractivity contribution in [2.45, 2.75) is 77.2 Å². The zero-order valence-corrected chi connectivity index (χ0v) is 25.1. The highest BCUT2D eigenvalue weighted by molar-refractivity contribution is 6.20. The molecular formula is C36H42N4O3. The van der Waals surface area contributed by atoms with Gasteiger partial charge in [-0.15, -0.1) is 0 Å². The number of amidine groups is 1. The van der Waals surface area contributed by atoms with Gasteiger partial charge in [-0.1, -0.05) is 42.4 Å². The number of methoxy groups -OCH3 is 1. The van der Waals surface area contributed by atoms with Gasteiger partial charge in [0.1, 0.15) is 5.84 Å². The number of aliphatic imine (C=N–C) groups is 2. The van der Waals surface area contributed by atoms with E-state index in [0.29, 0.717) is 30.7 Å². The van der Waals surface area contributed by atoms with Gasteiger partial charge < -0.3 is 15.2 Å². The maximum Gasteiger partial charge on any atom is 0.303 e. The lowest BCUT2D eigenvalue weighted by Gasteiger charge is -2.22. The number of nitrogens with zero attached hydrogens (tertiary/aromatic N) is 3. The van der Waals surface area contributed by atoms with Gasteiger partial charge in [-0.3, -0.25) is 19.8 Å². The molecular weight excluding hydrogens is 536 g/mol. The van der Waals surface area contributed by atoms with Crippen LogP contribution >= 0.6 is 0 Å². The summed E-state index contributed by atoms with van der Waals surface area (Å²) in [6, 6.07) is 10.7. The van der Waals surface area contributed by atoms with Gasteiger partial charge in [0.25, 0.3) is 0 Å². The van der Waals surface area contributed by atoms with Crippen LogP contribution in [0.4, 0.5) is 5.69 Å². The van der Waals surface area contributed by atoms with E-state index in [9.17, 15) is 9.90 Å². The van der Waals surface area contributed by atoms with Gasteiger partial charge >= 0.3 is 5.97 Å². The fourth-order valence-electron chi connectivity index (χ4n) is 6.99. The van der Waals surface area contributed by atoms with E-state index in [1.807, 2.05) is 6.20 Å². The van der Waals surface area contributed by atoms with Gasteiger partial charge in [0.05, 0.1) is 19.3 Å². The molecule has 1 aromatic heterocycles. The third-order valence-electron chi connectivity index (χ3n) is 9.33.